The van der Waals surface area contributed by atoms with Crippen molar-refractivity contribution >= 4 is 11.9 Å². The molecule has 0 aromatic rings. The Morgan fingerprint density at radius 2 is 1.65 bits per heavy atom. The number of carboxylic acids is 1. The van der Waals surface area contributed by atoms with Crippen molar-refractivity contribution in [2.45, 2.75) is 77.2 Å². The van der Waals surface area contributed by atoms with Crippen LogP contribution in [0.25, 0.3) is 0 Å². The monoisotopic (exact) mass is 322 g/mol. The summed E-state index contributed by atoms with van der Waals surface area (Å²) in [5.41, 5.74) is -0.361. The van der Waals surface area contributed by atoms with Crippen LogP contribution in [0.5, 0.6) is 0 Å². The van der Waals surface area contributed by atoms with Gasteiger partial charge in [0.1, 0.15) is 5.60 Å². The molecule has 0 atom stereocenters. The third-order valence-electron chi connectivity index (χ3n) is 5.82. The first-order valence-corrected chi connectivity index (χ1v) is 9.07. The fourth-order valence-corrected chi connectivity index (χ4v) is 4.43. The molecule has 4 nitrogen and oxygen atoms in total. The maximum absolute atomic E-state index is 12.1. The number of rotatable bonds is 5. The minimum atomic E-state index is -1.11. The van der Waals surface area contributed by atoms with E-state index in [4.69, 9.17) is 9.84 Å². The number of hydrogen-bond acceptors (Lipinski definition) is 3. The van der Waals surface area contributed by atoms with Gasteiger partial charge in [0.05, 0.1) is 0 Å². The van der Waals surface area contributed by atoms with Crippen molar-refractivity contribution in [1.29, 1.82) is 0 Å². The van der Waals surface area contributed by atoms with Crippen molar-refractivity contribution in [2.24, 2.45) is 17.8 Å². The van der Waals surface area contributed by atoms with Crippen LogP contribution in [0.1, 0.15) is 71.6 Å². The van der Waals surface area contributed by atoms with Gasteiger partial charge in [0.25, 0.3) is 0 Å². The first-order valence-electron chi connectivity index (χ1n) is 9.07. The molecule has 23 heavy (non-hydrogen) atoms. The molecular weight excluding hydrogens is 292 g/mol. The lowest BCUT2D eigenvalue weighted by Gasteiger charge is -2.46. The minimum absolute atomic E-state index is 0.361. The van der Waals surface area contributed by atoms with E-state index in [1.165, 1.54) is 19.3 Å². The standard InChI is InChI=1S/C19H30O4/c1-14(2)15-6-8-16(9-7-15)19(12-4-3-5-13-19)23-18(22)11-10-17(20)21/h10-11,14-16H,3-9,12-13H2,1-2H3,(H,20,21)/b11-10+. The van der Waals surface area contributed by atoms with Crippen LogP contribution in [0.4, 0.5) is 0 Å². The zero-order valence-corrected chi connectivity index (χ0v) is 14.4. The molecule has 1 N–H and O–H groups in total. The normalized spacial score (nSPS) is 28.0. The summed E-state index contributed by atoms with van der Waals surface area (Å²) in [5, 5.41) is 8.67. The summed E-state index contributed by atoms with van der Waals surface area (Å²) in [6.45, 7) is 4.58. The van der Waals surface area contributed by atoms with Gasteiger partial charge < -0.3 is 9.84 Å². The van der Waals surface area contributed by atoms with Gasteiger partial charge in [-0.05, 0) is 69.1 Å². The maximum Gasteiger partial charge on any atom is 0.331 e. The van der Waals surface area contributed by atoms with E-state index in [1.807, 2.05) is 0 Å². The Labute approximate surface area is 139 Å². The molecule has 0 heterocycles. The van der Waals surface area contributed by atoms with Crippen molar-refractivity contribution in [1.82, 2.24) is 0 Å². The number of esters is 1. The van der Waals surface area contributed by atoms with Crippen molar-refractivity contribution in [3.05, 3.63) is 12.2 Å². The number of hydrogen-bond donors (Lipinski definition) is 1. The zero-order valence-electron chi connectivity index (χ0n) is 14.4. The molecule has 4 heteroatoms. The van der Waals surface area contributed by atoms with Gasteiger partial charge in [-0.2, -0.15) is 0 Å². The molecule has 130 valence electrons. The van der Waals surface area contributed by atoms with Crippen molar-refractivity contribution in [2.75, 3.05) is 0 Å². The lowest BCUT2D eigenvalue weighted by Crippen LogP contribution is -2.45. The molecule has 0 aromatic heterocycles. The van der Waals surface area contributed by atoms with Crippen LogP contribution in [0.2, 0.25) is 0 Å². The molecule has 0 unspecified atom stereocenters. The Morgan fingerprint density at radius 1 is 1.04 bits per heavy atom. The first kappa shape index (κ1) is 18.0. The van der Waals surface area contributed by atoms with E-state index in [0.29, 0.717) is 5.92 Å². The van der Waals surface area contributed by atoms with E-state index in [-0.39, 0.29) is 5.60 Å². The average Bonchev–Trinajstić information content (AvgIpc) is 2.54. The Balaban J connectivity index is 2.04. The van der Waals surface area contributed by atoms with Gasteiger partial charge in [-0.1, -0.05) is 20.3 Å². The third kappa shape index (κ3) is 4.82. The summed E-state index contributed by atoms with van der Waals surface area (Å²) in [7, 11) is 0. The minimum Gasteiger partial charge on any atom is -0.478 e. The second-order valence-corrected chi connectivity index (χ2v) is 7.57. The molecule has 0 spiro atoms. The maximum atomic E-state index is 12.1. The summed E-state index contributed by atoms with van der Waals surface area (Å²) in [4.78, 5) is 22.6. The first-order chi connectivity index (χ1) is 10.9. The SMILES string of the molecule is CC(C)C1CCC(C2(OC(=O)/C=C/C(=O)O)CCCCC2)CC1. The van der Waals surface area contributed by atoms with Crippen LogP contribution in [-0.4, -0.2) is 22.6 Å². The predicted molar refractivity (Wildman–Crippen MR) is 89.0 cm³/mol. The van der Waals surface area contributed by atoms with E-state index >= 15 is 0 Å². The average molecular weight is 322 g/mol. The Kier molecular flexibility index (Phi) is 6.25. The Bertz CT molecular complexity index is 438. The van der Waals surface area contributed by atoms with Gasteiger partial charge in [-0.15, -0.1) is 0 Å². The fraction of sp³-hybridized carbons (Fsp3) is 0.789. The van der Waals surface area contributed by atoms with Crippen LogP contribution >= 0.6 is 0 Å². The summed E-state index contributed by atoms with van der Waals surface area (Å²) < 4.78 is 5.88. The van der Waals surface area contributed by atoms with Crippen LogP contribution in [-0.2, 0) is 14.3 Å². The molecule has 0 bridgehead atoms. The fourth-order valence-electron chi connectivity index (χ4n) is 4.43. The number of aliphatic carboxylic acids is 1. The highest BCUT2D eigenvalue weighted by molar-refractivity contribution is 5.90. The molecule has 2 aliphatic rings. The molecule has 2 aliphatic carbocycles. The largest absolute Gasteiger partial charge is 0.478 e. The van der Waals surface area contributed by atoms with E-state index in [1.54, 1.807) is 0 Å². The van der Waals surface area contributed by atoms with E-state index in [0.717, 1.165) is 62.5 Å². The number of carbonyl (C=O) groups is 2. The van der Waals surface area contributed by atoms with E-state index in [9.17, 15) is 9.59 Å². The lowest BCUT2D eigenvalue weighted by molar-refractivity contribution is -0.168. The van der Waals surface area contributed by atoms with E-state index in [2.05, 4.69) is 13.8 Å². The van der Waals surface area contributed by atoms with Gasteiger partial charge in [-0.3, -0.25) is 0 Å². The number of carbonyl (C=O) groups excluding carboxylic acids is 1. The van der Waals surface area contributed by atoms with Crippen molar-refractivity contribution in [3.63, 3.8) is 0 Å². The Morgan fingerprint density at radius 3 is 2.17 bits per heavy atom. The summed E-state index contributed by atoms with van der Waals surface area (Å²) in [5.74, 6) is 0.325. The van der Waals surface area contributed by atoms with Gasteiger partial charge in [0.2, 0.25) is 0 Å². The quantitative estimate of drug-likeness (QED) is 0.604. The third-order valence-corrected chi connectivity index (χ3v) is 5.82. The lowest BCUT2D eigenvalue weighted by atomic mass is 9.66. The highest BCUT2D eigenvalue weighted by atomic mass is 16.6. The molecule has 0 aromatic carbocycles. The number of ether oxygens (including phenoxy) is 1. The molecule has 0 amide bonds. The smallest absolute Gasteiger partial charge is 0.331 e. The second kappa shape index (κ2) is 7.98. The molecular formula is C19H30O4. The Hall–Kier alpha value is -1.32. The molecule has 0 aliphatic heterocycles. The van der Waals surface area contributed by atoms with Crippen LogP contribution in [0.3, 0.4) is 0 Å². The van der Waals surface area contributed by atoms with Crippen LogP contribution < -0.4 is 0 Å². The summed E-state index contributed by atoms with van der Waals surface area (Å²) in [6.07, 6.45) is 11.8. The highest BCUT2D eigenvalue weighted by Gasteiger charge is 2.44. The summed E-state index contributed by atoms with van der Waals surface area (Å²) >= 11 is 0. The molecule has 2 rings (SSSR count). The van der Waals surface area contributed by atoms with Crippen LogP contribution in [0.15, 0.2) is 12.2 Å². The van der Waals surface area contributed by atoms with E-state index < -0.39 is 11.9 Å². The van der Waals surface area contributed by atoms with Gasteiger partial charge in [0, 0.05) is 12.2 Å². The zero-order chi connectivity index (χ0) is 16.9. The molecule has 2 saturated carbocycles. The predicted octanol–water partition coefficient (Wildman–Crippen LogP) is 4.34. The topological polar surface area (TPSA) is 63.6 Å². The van der Waals surface area contributed by atoms with Crippen molar-refractivity contribution < 1.29 is 19.4 Å². The van der Waals surface area contributed by atoms with Crippen LogP contribution in [0, 0.1) is 17.8 Å². The van der Waals surface area contributed by atoms with Gasteiger partial charge >= 0.3 is 11.9 Å². The molecule has 2 fully saturated rings. The second-order valence-electron chi connectivity index (χ2n) is 7.57. The van der Waals surface area contributed by atoms with Gasteiger partial charge in [0.15, 0.2) is 0 Å². The molecule has 0 saturated heterocycles. The highest BCUT2D eigenvalue weighted by Crippen LogP contribution is 2.46. The van der Waals surface area contributed by atoms with Gasteiger partial charge in [-0.25, -0.2) is 9.59 Å². The van der Waals surface area contributed by atoms with Crippen molar-refractivity contribution in [3.8, 4) is 0 Å². The molecule has 0 radical (unpaired) electrons. The summed E-state index contributed by atoms with van der Waals surface area (Å²) in [6, 6.07) is 0. The number of carboxylic acid groups (broad SMARTS) is 1.